The molecule has 122 valence electrons. The summed E-state index contributed by atoms with van der Waals surface area (Å²) in [6.45, 7) is 10.1. The first-order valence-corrected chi connectivity index (χ1v) is 11.1. The second kappa shape index (κ2) is 6.61. The van der Waals surface area contributed by atoms with Crippen molar-refractivity contribution in [1.29, 1.82) is 0 Å². The lowest BCUT2D eigenvalue weighted by molar-refractivity contribution is -0.129. The van der Waals surface area contributed by atoms with Crippen molar-refractivity contribution in [3.05, 3.63) is 36.9 Å². The van der Waals surface area contributed by atoms with Gasteiger partial charge in [-0.15, -0.1) is 12.1 Å². The number of anilines is 1. The molecule has 1 N–H and O–H groups in total. The summed E-state index contributed by atoms with van der Waals surface area (Å²) in [5, 5.41) is 10.5. The van der Waals surface area contributed by atoms with E-state index in [0.29, 0.717) is 0 Å². The van der Waals surface area contributed by atoms with Crippen LogP contribution in [0.15, 0.2) is 36.9 Å². The first-order valence-electron chi connectivity index (χ1n) is 7.59. The minimum atomic E-state index is -1.58. The second-order valence-corrected chi connectivity index (χ2v) is 11.4. The van der Waals surface area contributed by atoms with Crippen molar-refractivity contribution in [2.45, 2.75) is 31.8 Å². The molecule has 1 aliphatic heterocycles. The number of hydrogen-bond donors (Lipinski definition) is 1. The van der Waals surface area contributed by atoms with Crippen LogP contribution >= 0.6 is 0 Å². The van der Waals surface area contributed by atoms with Crippen LogP contribution in [0.3, 0.4) is 0 Å². The van der Waals surface area contributed by atoms with Crippen molar-refractivity contribution < 1.29 is 14.6 Å². The molecule has 1 aromatic carbocycles. The average Bonchev–Trinajstić information content (AvgIpc) is 2.50. The number of rotatable bonds is 4. The van der Waals surface area contributed by atoms with E-state index in [1.807, 2.05) is 12.1 Å². The van der Waals surface area contributed by atoms with Crippen LogP contribution in [0.5, 0.6) is 5.75 Å². The molecule has 0 spiro atoms. The van der Waals surface area contributed by atoms with Gasteiger partial charge in [0.2, 0.25) is 5.91 Å². The third kappa shape index (κ3) is 3.66. The molecule has 1 fully saturated rings. The van der Waals surface area contributed by atoms with Gasteiger partial charge in [-0.1, -0.05) is 31.6 Å². The highest BCUT2D eigenvalue weighted by Gasteiger charge is 2.49. The van der Waals surface area contributed by atoms with Gasteiger partial charge in [-0.25, -0.2) is 0 Å². The normalized spacial score (nSPS) is 21.8. The summed E-state index contributed by atoms with van der Waals surface area (Å²) in [4.78, 5) is 13.9. The van der Waals surface area contributed by atoms with Crippen LogP contribution in [0, 0.1) is 17.4 Å². The van der Waals surface area contributed by atoms with Crippen molar-refractivity contribution in [2.75, 3.05) is 12.0 Å². The molecule has 1 aromatic rings. The number of hydrogen-bond acceptors (Lipinski definition) is 3. The topological polar surface area (TPSA) is 49.8 Å². The highest BCUT2D eigenvalue weighted by molar-refractivity contribution is 6.83. The standard InChI is InChI=1S/C18H23NO3Si/c1-6-15-17(16(20)11-12-23(3,4)5)19(18(15)21)13-7-9-14(22-2)10-8-13/h6-10,15-17,20H,1H2,2-5H3/t15-,16+,17-/m0/s1. The summed E-state index contributed by atoms with van der Waals surface area (Å²) < 4.78 is 5.13. The number of aliphatic hydroxyl groups excluding tert-OH is 1. The molecule has 0 bridgehead atoms. The van der Waals surface area contributed by atoms with E-state index in [4.69, 9.17) is 4.74 Å². The van der Waals surface area contributed by atoms with Crippen molar-refractivity contribution >= 4 is 19.7 Å². The summed E-state index contributed by atoms with van der Waals surface area (Å²) in [5.74, 6) is 3.19. The second-order valence-electron chi connectivity index (χ2n) is 6.62. The Morgan fingerprint density at radius 3 is 2.43 bits per heavy atom. The Labute approximate surface area is 138 Å². The van der Waals surface area contributed by atoms with Gasteiger partial charge in [0.1, 0.15) is 19.9 Å². The lowest BCUT2D eigenvalue weighted by Crippen LogP contribution is -2.65. The molecule has 1 amide bonds. The van der Waals surface area contributed by atoms with Gasteiger partial charge in [-0.05, 0) is 24.3 Å². The summed E-state index contributed by atoms with van der Waals surface area (Å²) in [5.41, 5.74) is 3.90. The van der Waals surface area contributed by atoms with Crippen LogP contribution < -0.4 is 9.64 Å². The molecule has 1 heterocycles. The van der Waals surface area contributed by atoms with Crippen LogP contribution in [0.25, 0.3) is 0 Å². The molecule has 0 aliphatic carbocycles. The molecule has 0 unspecified atom stereocenters. The minimum absolute atomic E-state index is 0.0657. The maximum Gasteiger partial charge on any atom is 0.236 e. The predicted molar refractivity (Wildman–Crippen MR) is 95.1 cm³/mol. The molecule has 1 aliphatic rings. The molecule has 0 saturated carbocycles. The van der Waals surface area contributed by atoms with Gasteiger partial charge < -0.3 is 14.7 Å². The predicted octanol–water partition coefficient (Wildman–Crippen LogP) is 2.45. The zero-order valence-corrected chi connectivity index (χ0v) is 15.0. The highest BCUT2D eigenvalue weighted by Crippen LogP contribution is 2.35. The first kappa shape index (κ1) is 17.3. The van der Waals surface area contributed by atoms with Crippen molar-refractivity contribution in [2.24, 2.45) is 5.92 Å². The smallest absolute Gasteiger partial charge is 0.236 e. The molecule has 1 saturated heterocycles. The summed E-state index contributed by atoms with van der Waals surface area (Å²) >= 11 is 0. The Hall–Kier alpha value is -2.03. The fourth-order valence-corrected chi connectivity index (χ4v) is 3.11. The Kier molecular flexibility index (Phi) is 4.98. The zero-order valence-electron chi connectivity index (χ0n) is 14.0. The molecule has 0 aromatic heterocycles. The Morgan fingerprint density at radius 2 is 1.96 bits per heavy atom. The van der Waals surface area contributed by atoms with E-state index in [1.165, 1.54) is 0 Å². The molecule has 2 rings (SSSR count). The number of amides is 1. The Balaban J connectivity index is 2.27. The summed E-state index contributed by atoms with van der Waals surface area (Å²) in [6, 6.07) is 6.81. The monoisotopic (exact) mass is 329 g/mol. The largest absolute Gasteiger partial charge is 0.497 e. The lowest BCUT2D eigenvalue weighted by Gasteiger charge is -2.47. The summed E-state index contributed by atoms with van der Waals surface area (Å²) in [6.07, 6.45) is 0.705. The lowest BCUT2D eigenvalue weighted by atomic mass is 9.83. The van der Waals surface area contributed by atoms with Gasteiger partial charge in [0.05, 0.1) is 19.1 Å². The minimum Gasteiger partial charge on any atom is -0.497 e. The number of benzene rings is 1. The fourth-order valence-electron chi connectivity index (χ4n) is 2.53. The van der Waals surface area contributed by atoms with Gasteiger partial charge in [0, 0.05) is 5.69 Å². The highest BCUT2D eigenvalue weighted by atomic mass is 28.3. The number of carbonyl (C=O) groups excluding carboxylic acids is 1. The number of β-lactam (4-membered cyclic amide) rings is 1. The van der Waals surface area contributed by atoms with E-state index in [9.17, 15) is 9.90 Å². The number of methoxy groups -OCH3 is 1. The van der Waals surface area contributed by atoms with Crippen LogP contribution in [-0.4, -0.2) is 38.3 Å². The molecule has 0 radical (unpaired) electrons. The molecular formula is C18H23NO3Si. The van der Waals surface area contributed by atoms with Crippen LogP contribution in [0.4, 0.5) is 5.69 Å². The van der Waals surface area contributed by atoms with Gasteiger partial charge in [-0.2, -0.15) is 0 Å². The van der Waals surface area contributed by atoms with Crippen molar-refractivity contribution in [1.82, 2.24) is 0 Å². The van der Waals surface area contributed by atoms with Crippen molar-refractivity contribution in [3.63, 3.8) is 0 Å². The molecule has 4 nitrogen and oxygen atoms in total. The van der Waals surface area contributed by atoms with Gasteiger partial charge in [0.25, 0.3) is 0 Å². The quantitative estimate of drug-likeness (QED) is 0.399. The Bertz CT molecular complexity index is 652. The maximum absolute atomic E-state index is 12.3. The van der Waals surface area contributed by atoms with Crippen LogP contribution in [0.1, 0.15) is 0 Å². The molecule has 3 atom stereocenters. The molecule has 23 heavy (non-hydrogen) atoms. The number of nitrogens with zero attached hydrogens (tertiary/aromatic N) is 1. The zero-order chi connectivity index (χ0) is 17.2. The van der Waals surface area contributed by atoms with E-state index in [0.717, 1.165) is 11.4 Å². The van der Waals surface area contributed by atoms with Crippen molar-refractivity contribution in [3.8, 4) is 17.2 Å². The van der Waals surface area contributed by atoms with E-state index >= 15 is 0 Å². The molecule has 5 heteroatoms. The van der Waals surface area contributed by atoms with Gasteiger partial charge >= 0.3 is 0 Å². The van der Waals surface area contributed by atoms with E-state index in [-0.39, 0.29) is 5.91 Å². The van der Waals surface area contributed by atoms with Gasteiger partial charge in [0.15, 0.2) is 0 Å². The SMILES string of the molecule is C=C[C@@H]1C(=O)N(c2ccc(OC)cc2)[C@@H]1[C@H](O)C#C[Si](C)(C)C. The third-order valence-electron chi connectivity index (χ3n) is 3.71. The van der Waals surface area contributed by atoms with E-state index < -0.39 is 26.1 Å². The van der Waals surface area contributed by atoms with E-state index in [1.54, 1.807) is 30.2 Å². The number of aliphatic hydroxyl groups is 1. The number of carbonyl (C=O) groups is 1. The Morgan fingerprint density at radius 1 is 1.35 bits per heavy atom. The van der Waals surface area contributed by atoms with Gasteiger partial charge in [-0.3, -0.25) is 4.79 Å². The van der Waals surface area contributed by atoms with Crippen LogP contribution in [-0.2, 0) is 4.79 Å². The third-order valence-corrected chi connectivity index (χ3v) is 4.61. The summed E-state index contributed by atoms with van der Waals surface area (Å²) in [7, 11) is 0.00899. The van der Waals surface area contributed by atoms with E-state index in [2.05, 4.69) is 37.7 Å². The fraction of sp³-hybridized carbons (Fsp3) is 0.389. The number of ether oxygens (including phenoxy) is 1. The van der Waals surface area contributed by atoms with Crippen LogP contribution in [0.2, 0.25) is 19.6 Å². The average molecular weight is 329 g/mol. The first-order chi connectivity index (χ1) is 10.8. The molecular weight excluding hydrogens is 306 g/mol. The maximum atomic E-state index is 12.3.